The van der Waals surface area contributed by atoms with Crippen LogP contribution in [0.3, 0.4) is 0 Å². The lowest BCUT2D eigenvalue weighted by Crippen LogP contribution is -2.50. The maximum atomic E-state index is 3.49. The van der Waals surface area contributed by atoms with Crippen LogP contribution in [-0.4, -0.2) is 44.2 Å². The summed E-state index contributed by atoms with van der Waals surface area (Å²) in [6.07, 6.45) is 1.19. The third kappa shape index (κ3) is 3.74. The van der Waals surface area contributed by atoms with E-state index in [0.29, 0.717) is 6.04 Å². The van der Waals surface area contributed by atoms with Crippen LogP contribution in [0.25, 0.3) is 0 Å². The van der Waals surface area contributed by atoms with E-state index in [1.54, 1.807) is 0 Å². The first-order valence-electron chi connectivity index (χ1n) is 7.87. The molecule has 1 unspecified atom stereocenters. The number of anilines is 1. The van der Waals surface area contributed by atoms with Gasteiger partial charge in [0.2, 0.25) is 0 Å². The third-order valence-corrected chi connectivity index (χ3v) is 4.23. The summed E-state index contributed by atoms with van der Waals surface area (Å²) in [5, 5.41) is 3.49. The Morgan fingerprint density at radius 3 is 2.75 bits per heavy atom. The predicted octanol–water partition coefficient (Wildman–Crippen LogP) is 2.63. The van der Waals surface area contributed by atoms with E-state index in [2.05, 4.69) is 61.1 Å². The molecule has 112 valence electrons. The van der Waals surface area contributed by atoms with Crippen LogP contribution in [0.2, 0.25) is 0 Å². The Morgan fingerprint density at radius 1 is 1.30 bits per heavy atom. The molecule has 0 aromatic heterocycles. The minimum Gasteiger partial charge on any atom is -0.366 e. The van der Waals surface area contributed by atoms with Crippen molar-refractivity contribution in [3.05, 3.63) is 29.3 Å². The second kappa shape index (κ2) is 7.09. The summed E-state index contributed by atoms with van der Waals surface area (Å²) in [4.78, 5) is 4.95. The topological polar surface area (TPSA) is 18.5 Å². The molecule has 0 saturated carbocycles. The molecule has 1 aromatic rings. The Balaban J connectivity index is 2.04. The fraction of sp³-hybridized carbons (Fsp3) is 0.647. The highest BCUT2D eigenvalue weighted by molar-refractivity contribution is 5.52. The summed E-state index contributed by atoms with van der Waals surface area (Å²) in [6, 6.07) is 7.53. The fourth-order valence-corrected chi connectivity index (χ4v) is 2.98. The first-order valence-corrected chi connectivity index (χ1v) is 7.87. The van der Waals surface area contributed by atoms with Crippen LogP contribution < -0.4 is 10.2 Å². The maximum Gasteiger partial charge on any atom is 0.0389 e. The second-order valence-electron chi connectivity index (χ2n) is 6.09. The van der Waals surface area contributed by atoms with Crippen LogP contribution in [0.4, 0.5) is 5.69 Å². The van der Waals surface area contributed by atoms with E-state index >= 15 is 0 Å². The van der Waals surface area contributed by atoms with Crippen molar-refractivity contribution in [1.82, 2.24) is 10.2 Å². The summed E-state index contributed by atoms with van der Waals surface area (Å²) >= 11 is 0. The van der Waals surface area contributed by atoms with E-state index in [1.807, 2.05) is 0 Å². The van der Waals surface area contributed by atoms with Crippen LogP contribution in [0.15, 0.2) is 18.2 Å². The number of rotatable bonds is 5. The molecule has 1 aliphatic heterocycles. The molecule has 1 fully saturated rings. The Kier molecular flexibility index (Phi) is 5.44. The molecular weight excluding hydrogens is 246 g/mol. The molecule has 1 N–H and O–H groups in total. The number of hydrogen-bond acceptors (Lipinski definition) is 3. The molecule has 0 spiro atoms. The number of likely N-dealkylation sites (N-methyl/N-ethyl adjacent to an activating group) is 1. The summed E-state index contributed by atoms with van der Waals surface area (Å²) in [5.41, 5.74) is 4.20. The molecule has 3 heteroatoms. The molecule has 0 bridgehead atoms. The number of piperazine rings is 1. The average Bonchev–Trinajstić information content (AvgIpc) is 2.41. The molecular formula is C17H29N3. The zero-order valence-corrected chi connectivity index (χ0v) is 13.4. The van der Waals surface area contributed by atoms with Gasteiger partial charge in [-0.2, -0.15) is 0 Å². The van der Waals surface area contributed by atoms with Gasteiger partial charge >= 0.3 is 0 Å². The standard InChI is InChI=1S/C17H29N3/c1-5-8-18-12-16-6-7-17(11-14(16)2)20-10-9-19(4)13-15(20)3/h6-7,11,15,18H,5,8-10,12-13H2,1-4H3. The summed E-state index contributed by atoms with van der Waals surface area (Å²) in [7, 11) is 2.21. The maximum absolute atomic E-state index is 3.49. The molecule has 1 heterocycles. The lowest BCUT2D eigenvalue weighted by Gasteiger charge is -2.40. The van der Waals surface area contributed by atoms with Gasteiger partial charge in [-0.3, -0.25) is 0 Å². The summed E-state index contributed by atoms with van der Waals surface area (Å²) in [5.74, 6) is 0. The Labute approximate surface area is 124 Å². The minimum atomic E-state index is 0.595. The van der Waals surface area contributed by atoms with Crippen molar-refractivity contribution in [2.24, 2.45) is 0 Å². The number of aryl methyl sites for hydroxylation is 1. The zero-order chi connectivity index (χ0) is 14.5. The third-order valence-electron chi connectivity index (χ3n) is 4.23. The van der Waals surface area contributed by atoms with Crippen molar-refractivity contribution in [2.75, 3.05) is 38.1 Å². The van der Waals surface area contributed by atoms with Crippen LogP contribution in [0, 0.1) is 6.92 Å². The van der Waals surface area contributed by atoms with Crippen LogP contribution in [0.5, 0.6) is 0 Å². The highest BCUT2D eigenvalue weighted by Gasteiger charge is 2.21. The number of nitrogens with one attached hydrogen (secondary N) is 1. The highest BCUT2D eigenvalue weighted by atomic mass is 15.3. The largest absolute Gasteiger partial charge is 0.366 e. The predicted molar refractivity (Wildman–Crippen MR) is 87.5 cm³/mol. The molecule has 1 saturated heterocycles. The fourth-order valence-electron chi connectivity index (χ4n) is 2.98. The first kappa shape index (κ1) is 15.3. The molecule has 1 aliphatic rings. The first-order chi connectivity index (χ1) is 9.61. The molecule has 0 aliphatic carbocycles. The van der Waals surface area contributed by atoms with E-state index in [4.69, 9.17) is 0 Å². The second-order valence-corrected chi connectivity index (χ2v) is 6.09. The summed E-state index contributed by atoms with van der Waals surface area (Å²) < 4.78 is 0. The van der Waals surface area contributed by atoms with Gasteiger partial charge in [-0.25, -0.2) is 0 Å². The van der Waals surface area contributed by atoms with Gasteiger partial charge in [0.15, 0.2) is 0 Å². The van der Waals surface area contributed by atoms with E-state index in [0.717, 1.165) is 32.7 Å². The molecule has 20 heavy (non-hydrogen) atoms. The van der Waals surface area contributed by atoms with E-state index in [9.17, 15) is 0 Å². The van der Waals surface area contributed by atoms with E-state index in [-0.39, 0.29) is 0 Å². The Morgan fingerprint density at radius 2 is 2.10 bits per heavy atom. The van der Waals surface area contributed by atoms with Crippen LogP contribution in [0.1, 0.15) is 31.4 Å². The number of nitrogens with zero attached hydrogens (tertiary/aromatic N) is 2. The monoisotopic (exact) mass is 275 g/mol. The normalized spacial score (nSPS) is 20.4. The molecule has 0 amide bonds. The SMILES string of the molecule is CCCNCc1ccc(N2CCN(C)CC2C)cc1C. The summed E-state index contributed by atoms with van der Waals surface area (Å²) in [6.45, 7) is 12.3. The van der Waals surface area contributed by atoms with Crippen LogP contribution in [-0.2, 0) is 6.54 Å². The van der Waals surface area contributed by atoms with E-state index in [1.165, 1.54) is 23.2 Å². The van der Waals surface area contributed by atoms with Crippen molar-refractivity contribution in [1.29, 1.82) is 0 Å². The quantitative estimate of drug-likeness (QED) is 0.834. The Bertz CT molecular complexity index is 430. The molecule has 1 aromatic carbocycles. The van der Waals surface area contributed by atoms with Gasteiger partial charge in [0.1, 0.15) is 0 Å². The molecule has 1 atom stereocenters. The smallest absolute Gasteiger partial charge is 0.0389 e. The van der Waals surface area contributed by atoms with Gasteiger partial charge in [-0.05, 0) is 57.1 Å². The average molecular weight is 275 g/mol. The van der Waals surface area contributed by atoms with Gasteiger partial charge in [0.05, 0.1) is 0 Å². The number of benzene rings is 1. The van der Waals surface area contributed by atoms with Crippen LogP contribution >= 0.6 is 0 Å². The highest BCUT2D eigenvalue weighted by Crippen LogP contribution is 2.23. The molecule has 0 radical (unpaired) electrons. The van der Waals surface area contributed by atoms with Gasteiger partial charge in [0.25, 0.3) is 0 Å². The minimum absolute atomic E-state index is 0.595. The number of hydrogen-bond donors (Lipinski definition) is 1. The Hall–Kier alpha value is -1.06. The van der Waals surface area contributed by atoms with Crippen molar-refractivity contribution < 1.29 is 0 Å². The zero-order valence-electron chi connectivity index (χ0n) is 13.4. The van der Waals surface area contributed by atoms with Gasteiger partial charge in [-0.1, -0.05) is 13.0 Å². The van der Waals surface area contributed by atoms with Crippen molar-refractivity contribution in [2.45, 2.75) is 39.8 Å². The van der Waals surface area contributed by atoms with Gasteiger partial charge in [-0.15, -0.1) is 0 Å². The van der Waals surface area contributed by atoms with Gasteiger partial charge < -0.3 is 15.1 Å². The van der Waals surface area contributed by atoms with Crippen molar-refractivity contribution >= 4 is 5.69 Å². The van der Waals surface area contributed by atoms with Gasteiger partial charge in [0, 0.05) is 37.9 Å². The lowest BCUT2D eigenvalue weighted by atomic mass is 10.1. The molecule has 2 rings (SSSR count). The lowest BCUT2D eigenvalue weighted by molar-refractivity contribution is 0.275. The van der Waals surface area contributed by atoms with E-state index < -0.39 is 0 Å². The van der Waals surface area contributed by atoms with Crippen molar-refractivity contribution in [3.8, 4) is 0 Å². The molecule has 3 nitrogen and oxygen atoms in total. The van der Waals surface area contributed by atoms with Crippen molar-refractivity contribution in [3.63, 3.8) is 0 Å².